The molecule has 0 aliphatic heterocycles. The molecule has 0 aromatic heterocycles. The molecule has 0 saturated carbocycles. The molecule has 2 heteroatoms. The SMILES string of the molecule is C=C(CC)CC(=O)C(C)(CC)CN. The van der Waals surface area contributed by atoms with Crippen LogP contribution in [-0.2, 0) is 4.79 Å². The molecule has 0 aromatic rings. The maximum atomic E-state index is 11.8. The van der Waals surface area contributed by atoms with Gasteiger partial charge in [0.25, 0.3) is 0 Å². The zero-order valence-electron chi connectivity index (χ0n) is 9.02. The first-order chi connectivity index (χ1) is 6.00. The summed E-state index contributed by atoms with van der Waals surface area (Å²) in [7, 11) is 0. The van der Waals surface area contributed by atoms with Crippen molar-refractivity contribution in [1.29, 1.82) is 0 Å². The minimum atomic E-state index is -0.349. The number of carbonyl (C=O) groups excluding carboxylic acids is 1. The Morgan fingerprint density at radius 1 is 1.46 bits per heavy atom. The van der Waals surface area contributed by atoms with Crippen LogP contribution in [0, 0.1) is 5.41 Å². The molecule has 0 aliphatic carbocycles. The van der Waals surface area contributed by atoms with Crippen molar-refractivity contribution in [2.24, 2.45) is 11.1 Å². The lowest BCUT2D eigenvalue weighted by molar-refractivity contribution is -0.126. The van der Waals surface area contributed by atoms with E-state index in [1.807, 2.05) is 20.8 Å². The Bertz CT molecular complexity index is 192. The highest BCUT2D eigenvalue weighted by Gasteiger charge is 2.28. The van der Waals surface area contributed by atoms with Crippen LogP contribution >= 0.6 is 0 Å². The highest BCUT2D eigenvalue weighted by Crippen LogP contribution is 2.24. The minimum absolute atomic E-state index is 0.226. The summed E-state index contributed by atoms with van der Waals surface area (Å²) in [6.07, 6.45) is 2.16. The first-order valence-corrected chi connectivity index (χ1v) is 4.90. The van der Waals surface area contributed by atoms with Crippen LogP contribution in [-0.4, -0.2) is 12.3 Å². The molecule has 0 rings (SSSR count). The molecular weight excluding hydrogens is 162 g/mol. The van der Waals surface area contributed by atoms with Crippen LogP contribution < -0.4 is 5.73 Å². The van der Waals surface area contributed by atoms with Crippen molar-refractivity contribution in [1.82, 2.24) is 0 Å². The van der Waals surface area contributed by atoms with Crippen molar-refractivity contribution >= 4 is 5.78 Å². The quantitative estimate of drug-likeness (QED) is 0.642. The van der Waals surface area contributed by atoms with Crippen molar-refractivity contribution in [3.8, 4) is 0 Å². The lowest BCUT2D eigenvalue weighted by atomic mass is 9.80. The number of carbonyl (C=O) groups is 1. The summed E-state index contributed by atoms with van der Waals surface area (Å²) in [5, 5.41) is 0. The topological polar surface area (TPSA) is 43.1 Å². The average molecular weight is 183 g/mol. The Kier molecular flexibility index (Phi) is 4.92. The van der Waals surface area contributed by atoms with E-state index in [1.54, 1.807) is 0 Å². The van der Waals surface area contributed by atoms with Gasteiger partial charge in [-0.2, -0.15) is 0 Å². The summed E-state index contributed by atoms with van der Waals surface area (Å²) in [5.74, 6) is 0.226. The highest BCUT2D eigenvalue weighted by molar-refractivity contribution is 5.86. The third-order valence-corrected chi connectivity index (χ3v) is 2.81. The second-order valence-electron chi connectivity index (χ2n) is 3.82. The van der Waals surface area contributed by atoms with Gasteiger partial charge in [-0.1, -0.05) is 32.9 Å². The van der Waals surface area contributed by atoms with Crippen LogP contribution in [0.15, 0.2) is 12.2 Å². The van der Waals surface area contributed by atoms with Gasteiger partial charge in [0.15, 0.2) is 0 Å². The highest BCUT2D eigenvalue weighted by atomic mass is 16.1. The van der Waals surface area contributed by atoms with Gasteiger partial charge in [0.2, 0.25) is 0 Å². The predicted molar refractivity (Wildman–Crippen MR) is 56.5 cm³/mol. The standard InChI is InChI=1S/C11H21NO/c1-5-9(3)7-10(13)11(4,6-2)8-12/h3,5-8,12H2,1-2,4H3. The second kappa shape index (κ2) is 5.18. The molecule has 1 atom stereocenters. The molecule has 0 amide bonds. The van der Waals surface area contributed by atoms with Gasteiger partial charge < -0.3 is 5.73 Å². The molecule has 0 radical (unpaired) electrons. The molecule has 1 unspecified atom stereocenters. The van der Waals surface area contributed by atoms with E-state index in [2.05, 4.69) is 6.58 Å². The van der Waals surface area contributed by atoms with E-state index in [0.29, 0.717) is 13.0 Å². The third-order valence-electron chi connectivity index (χ3n) is 2.81. The number of Topliss-reactive ketones (excluding diaryl/α,β-unsaturated/α-hetero) is 1. The van der Waals surface area contributed by atoms with Gasteiger partial charge in [-0.3, -0.25) is 4.79 Å². The van der Waals surface area contributed by atoms with Gasteiger partial charge in [0.05, 0.1) is 0 Å². The molecule has 76 valence electrons. The molecule has 0 aliphatic rings. The Hall–Kier alpha value is -0.630. The maximum Gasteiger partial charge on any atom is 0.144 e. The molecule has 0 heterocycles. The fourth-order valence-electron chi connectivity index (χ4n) is 1.02. The smallest absolute Gasteiger partial charge is 0.144 e. The monoisotopic (exact) mass is 183 g/mol. The van der Waals surface area contributed by atoms with E-state index in [9.17, 15) is 4.79 Å². The first-order valence-electron chi connectivity index (χ1n) is 4.90. The van der Waals surface area contributed by atoms with Gasteiger partial charge in [-0.25, -0.2) is 0 Å². The second-order valence-corrected chi connectivity index (χ2v) is 3.82. The molecule has 0 bridgehead atoms. The summed E-state index contributed by atoms with van der Waals surface area (Å²) in [6.45, 7) is 10.2. The van der Waals surface area contributed by atoms with E-state index < -0.39 is 0 Å². The zero-order valence-corrected chi connectivity index (χ0v) is 9.02. The largest absolute Gasteiger partial charge is 0.329 e. The van der Waals surface area contributed by atoms with Crippen LogP contribution in [0.3, 0.4) is 0 Å². The van der Waals surface area contributed by atoms with Gasteiger partial charge in [0.1, 0.15) is 5.78 Å². The third kappa shape index (κ3) is 3.31. The molecular formula is C11H21NO. The molecule has 0 saturated heterocycles. The van der Waals surface area contributed by atoms with Gasteiger partial charge >= 0.3 is 0 Å². The zero-order chi connectivity index (χ0) is 10.5. The maximum absolute atomic E-state index is 11.8. The molecule has 0 fully saturated rings. The Morgan fingerprint density at radius 3 is 2.31 bits per heavy atom. The van der Waals surface area contributed by atoms with Crippen LogP contribution in [0.2, 0.25) is 0 Å². The number of allylic oxidation sites excluding steroid dienone is 1. The van der Waals surface area contributed by atoms with Crippen LogP contribution in [0.25, 0.3) is 0 Å². The molecule has 2 N–H and O–H groups in total. The van der Waals surface area contributed by atoms with E-state index in [4.69, 9.17) is 5.73 Å². The Morgan fingerprint density at radius 2 is 2.00 bits per heavy atom. The minimum Gasteiger partial charge on any atom is -0.329 e. The number of hydrogen-bond acceptors (Lipinski definition) is 2. The fourth-order valence-corrected chi connectivity index (χ4v) is 1.02. The van der Waals surface area contributed by atoms with Gasteiger partial charge in [-0.15, -0.1) is 0 Å². The first kappa shape index (κ1) is 12.4. The van der Waals surface area contributed by atoms with Crippen molar-refractivity contribution in [2.75, 3.05) is 6.54 Å². The number of rotatable bonds is 6. The van der Waals surface area contributed by atoms with Crippen molar-refractivity contribution in [3.05, 3.63) is 12.2 Å². The van der Waals surface area contributed by atoms with Crippen LogP contribution in [0.5, 0.6) is 0 Å². The summed E-state index contributed by atoms with van der Waals surface area (Å²) in [4.78, 5) is 11.8. The van der Waals surface area contributed by atoms with E-state index in [0.717, 1.165) is 18.4 Å². The number of nitrogens with two attached hydrogens (primary N) is 1. The van der Waals surface area contributed by atoms with Crippen molar-refractivity contribution < 1.29 is 4.79 Å². The molecule has 2 nitrogen and oxygen atoms in total. The van der Waals surface area contributed by atoms with Crippen molar-refractivity contribution in [2.45, 2.75) is 40.0 Å². The number of hydrogen-bond donors (Lipinski definition) is 1. The van der Waals surface area contributed by atoms with E-state index in [-0.39, 0.29) is 11.2 Å². The summed E-state index contributed by atoms with van der Waals surface area (Å²) in [5.41, 5.74) is 6.23. The Balaban J connectivity index is 4.31. The number of ketones is 1. The molecule has 0 spiro atoms. The lowest BCUT2D eigenvalue weighted by Crippen LogP contribution is -2.35. The summed E-state index contributed by atoms with van der Waals surface area (Å²) < 4.78 is 0. The molecule has 0 aromatic carbocycles. The lowest BCUT2D eigenvalue weighted by Gasteiger charge is -2.24. The Labute approximate surface area is 81.2 Å². The van der Waals surface area contributed by atoms with Gasteiger partial charge in [-0.05, 0) is 12.8 Å². The molecule has 13 heavy (non-hydrogen) atoms. The van der Waals surface area contributed by atoms with E-state index in [1.165, 1.54) is 0 Å². The van der Waals surface area contributed by atoms with E-state index >= 15 is 0 Å². The average Bonchev–Trinajstić information content (AvgIpc) is 2.16. The normalized spacial score (nSPS) is 15.1. The van der Waals surface area contributed by atoms with Crippen LogP contribution in [0.1, 0.15) is 40.0 Å². The summed E-state index contributed by atoms with van der Waals surface area (Å²) in [6, 6.07) is 0. The van der Waals surface area contributed by atoms with Gasteiger partial charge in [0, 0.05) is 18.4 Å². The summed E-state index contributed by atoms with van der Waals surface area (Å²) >= 11 is 0. The fraction of sp³-hybridized carbons (Fsp3) is 0.727. The van der Waals surface area contributed by atoms with Crippen LogP contribution in [0.4, 0.5) is 0 Å². The predicted octanol–water partition coefficient (Wildman–Crippen LogP) is 2.29. The van der Waals surface area contributed by atoms with Crippen molar-refractivity contribution in [3.63, 3.8) is 0 Å².